The molecule has 0 rings (SSSR count). The monoisotopic (exact) mass is 178 g/mol. The van der Waals surface area contributed by atoms with Gasteiger partial charge in [0.15, 0.2) is 0 Å². The minimum Gasteiger partial charge on any atom is -0.465 e. The van der Waals surface area contributed by atoms with Gasteiger partial charge in [0, 0.05) is 11.8 Å². The smallest absolute Gasteiger partial charge is 0.308 e. The molecule has 0 fully saturated rings. The largest absolute Gasteiger partial charge is 0.465 e. The topological polar surface area (TPSA) is 26.3 Å². The van der Waals surface area contributed by atoms with Gasteiger partial charge in [0.05, 0.1) is 12.5 Å². The van der Waals surface area contributed by atoms with Crippen LogP contribution in [0.1, 0.15) is 20.8 Å². The highest BCUT2D eigenvalue weighted by Gasteiger charge is 2.09. The number of esters is 1. The molecule has 0 aromatic rings. The molecule has 11 heavy (non-hydrogen) atoms. The lowest BCUT2D eigenvalue weighted by molar-refractivity contribution is -0.148. The standard InChI is InChI=1S/C8H15ClO2/c1-6(2)8(10)11-5-7(3)4-9/h6-7H,4-5H2,1-3H3. The third kappa shape index (κ3) is 5.08. The summed E-state index contributed by atoms with van der Waals surface area (Å²) in [4.78, 5) is 10.9. The van der Waals surface area contributed by atoms with E-state index in [9.17, 15) is 4.79 Å². The number of hydrogen-bond donors (Lipinski definition) is 0. The maximum atomic E-state index is 10.9. The Balaban J connectivity index is 3.46. The van der Waals surface area contributed by atoms with E-state index in [0.717, 1.165) is 0 Å². The van der Waals surface area contributed by atoms with Crippen LogP contribution in [-0.2, 0) is 9.53 Å². The zero-order chi connectivity index (χ0) is 8.85. The van der Waals surface area contributed by atoms with Gasteiger partial charge in [-0.25, -0.2) is 0 Å². The number of carbonyl (C=O) groups is 1. The van der Waals surface area contributed by atoms with Crippen LogP contribution in [0.25, 0.3) is 0 Å². The average Bonchev–Trinajstić information content (AvgIpc) is 1.99. The van der Waals surface area contributed by atoms with Gasteiger partial charge in [-0.2, -0.15) is 0 Å². The van der Waals surface area contributed by atoms with E-state index in [2.05, 4.69) is 0 Å². The van der Waals surface area contributed by atoms with Gasteiger partial charge in [-0.15, -0.1) is 11.6 Å². The van der Waals surface area contributed by atoms with Crippen LogP contribution in [0, 0.1) is 11.8 Å². The third-order valence-corrected chi connectivity index (χ3v) is 1.77. The molecule has 0 saturated heterocycles. The summed E-state index contributed by atoms with van der Waals surface area (Å²) < 4.78 is 4.93. The van der Waals surface area contributed by atoms with Crippen LogP contribution in [0.4, 0.5) is 0 Å². The van der Waals surface area contributed by atoms with E-state index in [1.165, 1.54) is 0 Å². The first-order valence-corrected chi connectivity index (χ1v) is 4.34. The van der Waals surface area contributed by atoms with E-state index in [-0.39, 0.29) is 17.8 Å². The predicted molar refractivity (Wildman–Crippen MR) is 45.7 cm³/mol. The van der Waals surface area contributed by atoms with E-state index >= 15 is 0 Å². The van der Waals surface area contributed by atoms with Crippen molar-refractivity contribution >= 4 is 17.6 Å². The number of rotatable bonds is 4. The SMILES string of the molecule is CC(CCl)COC(=O)C(C)C. The van der Waals surface area contributed by atoms with Crippen molar-refractivity contribution in [3.05, 3.63) is 0 Å². The molecule has 0 aromatic heterocycles. The van der Waals surface area contributed by atoms with Crippen molar-refractivity contribution in [2.75, 3.05) is 12.5 Å². The molecule has 0 bridgehead atoms. The number of hydrogen-bond acceptors (Lipinski definition) is 2. The number of carbonyl (C=O) groups excluding carboxylic acids is 1. The fourth-order valence-electron chi connectivity index (χ4n) is 0.436. The molecule has 0 saturated carbocycles. The average molecular weight is 179 g/mol. The Morgan fingerprint density at radius 1 is 1.45 bits per heavy atom. The molecule has 0 radical (unpaired) electrons. The minimum atomic E-state index is -0.151. The molecule has 0 spiro atoms. The highest BCUT2D eigenvalue weighted by Crippen LogP contribution is 2.02. The second kappa shape index (κ2) is 5.42. The van der Waals surface area contributed by atoms with Crippen LogP contribution in [0.5, 0.6) is 0 Å². The maximum Gasteiger partial charge on any atom is 0.308 e. The molecule has 0 aliphatic heterocycles. The Hall–Kier alpha value is -0.240. The van der Waals surface area contributed by atoms with E-state index in [0.29, 0.717) is 12.5 Å². The number of halogens is 1. The van der Waals surface area contributed by atoms with Crippen molar-refractivity contribution in [1.82, 2.24) is 0 Å². The Labute approximate surface area is 72.9 Å². The van der Waals surface area contributed by atoms with E-state index in [1.54, 1.807) is 0 Å². The van der Waals surface area contributed by atoms with Gasteiger partial charge < -0.3 is 4.74 Å². The van der Waals surface area contributed by atoms with Crippen molar-refractivity contribution in [3.63, 3.8) is 0 Å². The van der Waals surface area contributed by atoms with Gasteiger partial charge >= 0.3 is 5.97 Å². The Kier molecular flexibility index (Phi) is 5.30. The summed E-state index contributed by atoms with van der Waals surface area (Å²) >= 11 is 5.52. The number of alkyl halides is 1. The van der Waals surface area contributed by atoms with Crippen LogP contribution in [0.15, 0.2) is 0 Å². The summed E-state index contributed by atoms with van der Waals surface area (Å²) in [5.74, 6) is 0.588. The second-order valence-corrected chi connectivity index (χ2v) is 3.35. The molecule has 0 aliphatic carbocycles. The van der Waals surface area contributed by atoms with E-state index < -0.39 is 0 Å². The van der Waals surface area contributed by atoms with Gasteiger partial charge in [0.2, 0.25) is 0 Å². The van der Waals surface area contributed by atoms with Gasteiger partial charge in [0.1, 0.15) is 0 Å². The zero-order valence-electron chi connectivity index (χ0n) is 7.26. The lowest BCUT2D eigenvalue weighted by Crippen LogP contribution is -2.16. The molecular weight excluding hydrogens is 164 g/mol. The molecule has 0 aliphatic rings. The second-order valence-electron chi connectivity index (χ2n) is 3.04. The van der Waals surface area contributed by atoms with Crippen molar-refractivity contribution < 1.29 is 9.53 Å². The molecule has 1 unspecified atom stereocenters. The first kappa shape index (κ1) is 10.8. The molecule has 0 amide bonds. The van der Waals surface area contributed by atoms with Gasteiger partial charge in [-0.1, -0.05) is 20.8 Å². The molecule has 0 aromatic carbocycles. The molecular formula is C8H15ClO2. The summed E-state index contributed by atoms with van der Waals surface area (Å²) in [7, 11) is 0. The van der Waals surface area contributed by atoms with E-state index in [4.69, 9.17) is 16.3 Å². The molecule has 66 valence electrons. The van der Waals surface area contributed by atoms with Crippen molar-refractivity contribution in [2.45, 2.75) is 20.8 Å². The first-order chi connectivity index (χ1) is 5.07. The summed E-state index contributed by atoms with van der Waals surface area (Å²) in [6.45, 7) is 6.00. The van der Waals surface area contributed by atoms with Crippen LogP contribution < -0.4 is 0 Å². The van der Waals surface area contributed by atoms with E-state index in [1.807, 2.05) is 20.8 Å². The molecule has 3 heteroatoms. The Bertz CT molecular complexity index is 123. The molecule has 2 nitrogen and oxygen atoms in total. The molecule has 0 heterocycles. The predicted octanol–water partition coefficient (Wildman–Crippen LogP) is 2.06. The van der Waals surface area contributed by atoms with Crippen molar-refractivity contribution in [1.29, 1.82) is 0 Å². The van der Waals surface area contributed by atoms with Crippen molar-refractivity contribution in [2.24, 2.45) is 11.8 Å². The lowest BCUT2D eigenvalue weighted by atomic mass is 10.2. The van der Waals surface area contributed by atoms with Gasteiger partial charge in [0.25, 0.3) is 0 Å². The van der Waals surface area contributed by atoms with Crippen LogP contribution >= 0.6 is 11.6 Å². The van der Waals surface area contributed by atoms with Crippen LogP contribution in [0.3, 0.4) is 0 Å². The Morgan fingerprint density at radius 2 is 2.00 bits per heavy atom. The van der Waals surface area contributed by atoms with Gasteiger partial charge in [-0.3, -0.25) is 4.79 Å². The normalized spacial score (nSPS) is 13.2. The van der Waals surface area contributed by atoms with Crippen LogP contribution in [-0.4, -0.2) is 18.5 Å². The highest BCUT2D eigenvalue weighted by molar-refractivity contribution is 6.18. The summed E-state index contributed by atoms with van der Waals surface area (Å²) in [5.41, 5.74) is 0. The highest BCUT2D eigenvalue weighted by atomic mass is 35.5. The maximum absolute atomic E-state index is 10.9. The zero-order valence-corrected chi connectivity index (χ0v) is 8.02. The summed E-state index contributed by atoms with van der Waals surface area (Å²) in [6, 6.07) is 0. The Morgan fingerprint density at radius 3 is 2.36 bits per heavy atom. The first-order valence-electron chi connectivity index (χ1n) is 3.80. The quantitative estimate of drug-likeness (QED) is 0.487. The molecule has 1 atom stereocenters. The van der Waals surface area contributed by atoms with Crippen LogP contribution in [0.2, 0.25) is 0 Å². The summed E-state index contributed by atoms with van der Waals surface area (Å²) in [6.07, 6.45) is 0. The lowest BCUT2D eigenvalue weighted by Gasteiger charge is -2.09. The summed E-state index contributed by atoms with van der Waals surface area (Å²) in [5, 5.41) is 0. The third-order valence-electron chi connectivity index (χ3n) is 1.24. The fourth-order valence-corrected chi connectivity index (χ4v) is 0.525. The fraction of sp³-hybridized carbons (Fsp3) is 0.875. The molecule has 0 N–H and O–H groups in total. The number of ether oxygens (including phenoxy) is 1. The minimum absolute atomic E-state index is 0.0440. The van der Waals surface area contributed by atoms with Crippen molar-refractivity contribution in [3.8, 4) is 0 Å². The van der Waals surface area contributed by atoms with Gasteiger partial charge in [-0.05, 0) is 0 Å².